The molecule has 3 N–H and O–H groups in total. The van der Waals surface area contributed by atoms with Gasteiger partial charge in [-0.05, 0) is 12.8 Å². The van der Waals surface area contributed by atoms with Crippen molar-refractivity contribution in [3.8, 4) is 0 Å². The molecule has 0 aromatic rings. The van der Waals surface area contributed by atoms with Crippen molar-refractivity contribution in [2.24, 2.45) is 5.73 Å². The van der Waals surface area contributed by atoms with Crippen LogP contribution < -0.4 is 11.1 Å². The molecule has 3 nitrogen and oxygen atoms in total. The summed E-state index contributed by atoms with van der Waals surface area (Å²) >= 11 is 0. The zero-order chi connectivity index (χ0) is 7.40. The minimum atomic E-state index is -0.00750. The third-order valence-electron chi connectivity index (χ3n) is 1.90. The van der Waals surface area contributed by atoms with Crippen molar-refractivity contribution >= 4 is 5.96 Å². The van der Waals surface area contributed by atoms with Gasteiger partial charge in [-0.25, -0.2) is 5.32 Å². The second-order valence-electron chi connectivity index (χ2n) is 2.81. The highest BCUT2D eigenvalue weighted by atomic mass is 15.1. The van der Waals surface area contributed by atoms with E-state index in [-0.39, 0.29) is 5.96 Å². The number of nitrogens with zero attached hydrogens (tertiary/aromatic N) is 1. The van der Waals surface area contributed by atoms with Crippen molar-refractivity contribution in [2.75, 3.05) is 0 Å². The number of nitrogens with two attached hydrogens (primary N) is 1. The smallest absolute Gasteiger partial charge is 0.208 e. The van der Waals surface area contributed by atoms with Gasteiger partial charge in [-0.1, -0.05) is 19.3 Å². The average Bonchev–Trinajstić information content (AvgIpc) is 1.88. The molecule has 0 atom stereocenters. The van der Waals surface area contributed by atoms with Gasteiger partial charge in [0.25, 0.3) is 0 Å². The van der Waals surface area contributed by atoms with E-state index in [2.05, 4.69) is 5.32 Å². The minimum absolute atomic E-state index is 0.00750. The average molecular weight is 140 g/mol. The third kappa shape index (κ3) is 2.25. The highest BCUT2D eigenvalue weighted by Gasteiger charge is 2.14. The van der Waals surface area contributed by atoms with Gasteiger partial charge in [-0.2, -0.15) is 0 Å². The van der Waals surface area contributed by atoms with E-state index in [4.69, 9.17) is 11.1 Å². The molecule has 1 radical (unpaired) electrons. The van der Waals surface area contributed by atoms with Gasteiger partial charge in [0.05, 0.1) is 6.04 Å². The summed E-state index contributed by atoms with van der Waals surface area (Å²) in [7, 11) is 0. The van der Waals surface area contributed by atoms with Crippen LogP contribution in [-0.2, 0) is 0 Å². The quantitative estimate of drug-likeness (QED) is 0.411. The second-order valence-corrected chi connectivity index (χ2v) is 2.81. The van der Waals surface area contributed by atoms with Crippen LogP contribution in [-0.4, -0.2) is 12.0 Å². The fourth-order valence-corrected chi connectivity index (χ4v) is 1.41. The molecule has 0 aromatic carbocycles. The molecule has 0 aromatic heterocycles. The van der Waals surface area contributed by atoms with Gasteiger partial charge in [0.1, 0.15) is 0 Å². The molecule has 3 heteroatoms. The van der Waals surface area contributed by atoms with Crippen LogP contribution in [0.2, 0.25) is 0 Å². The number of hydrogen-bond acceptors (Lipinski definition) is 1. The summed E-state index contributed by atoms with van der Waals surface area (Å²) in [6, 6.07) is 0.353. The second kappa shape index (κ2) is 3.44. The number of hydrogen-bond donors (Lipinski definition) is 2. The summed E-state index contributed by atoms with van der Waals surface area (Å²) in [6.45, 7) is 0. The Labute approximate surface area is 61.5 Å². The van der Waals surface area contributed by atoms with Crippen molar-refractivity contribution in [2.45, 2.75) is 38.1 Å². The van der Waals surface area contributed by atoms with Gasteiger partial charge >= 0.3 is 0 Å². The largest absolute Gasteiger partial charge is 0.369 e. The summed E-state index contributed by atoms with van der Waals surface area (Å²) in [5, 5.41) is 10.9. The molecular formula is C7H14N3. The molecule has 1 saturated carbocycles. The lowest BCUT2D eigenvalue weighted by Crippen LogP contribution is -2.33. The molecule has 0 spiro atoms. The van der Waals surface area contributed by atoms with Crippen LogP contribution in [0.4, 0.5) is 0 Å². The van der Waals surface area contributed by atoms with Crippen LogP contribution in [0.3, 0.4) is 0 Å². The molecular weight excluding hydrogens is 126 g/mol. The first kappa shape index (κ1) is 7.38. The molecule has 1 aliphatic rings. The van der Waals surface area contributed by atoms with E-state index in [1.807, 2.05) is 0 Å². The van der Waals surface area contributed by atoms with E-state index in [1.165, 1.54) is 19.3 Å². The highest BCUT2D eigenvalue weighted by Crippen LogP contribution is 2.17. The molecule has 0 saturated heterocycles. The monoisotopic (exact) mass is 140 g/mol. The molecule has 0 unspecified atom stereocenters. The first-order valence-corrected chi connectivity index (χ1v) is 3.84. The summed E-state index contributed by atoms with van der Waals surface area (Å²) in [5.74, 6) is -0.00750. The minimum Gasteiger partial charge on any atom is -0.369 e. The Balaban J connectivity index is 2.19. The van der Waals surface area contributed by atoms with Crippen molar-refractivity contribution in [1.29, 1.82) is 5.41 Å². The Morgan fingerprint density at radius 1 is 1.30 bits per heavy atom. The van der Waals surface area contributed by atoms with Gasteiger partial charge in [-0.15, -0.1) is 0 Å². The van der Waals surface area contributed by atoms with E-state index >= 15 is 0 Å². The van der Waals surface area contributed by atoms with Crippen molar-refractivity contribution in [1.82, 2.24) is 5.32 Å². The molecule has 1 rings (SSSR count). The maximum atomic E-state index is 6.94. The maximum Gasteiger partial charge on any atom is 0.208 e. The predicted molar refractivity (Wildman–Crippen MR) is 40.9 cm³/mol. The third-order valence-corrected chi connectivity index (χ3v) is 1.90. The lowest BCUT2D eigenvalue weighted by molar-refractivity contribution is 0.408. The fraction of sp³-hybridized carbons (Fsp3) is 0.857. The summed E-state index contributed by atoms with van der Waals surface area (Å²) in [5.41, 5.74) is 5.14. The van der Waals surface area contributed by atoms with Crippen LogP contribution in [0.25, 0.3) is 0 Å². The fourth-order valence-electron chi connectivity index (χ4n) is 1.41. The lowest BCUT2D eigenvalue weighted by atomic mass is 9.96. The first-order valence-electron chi connectivity index (χ1n) is 3.84. The molecule has 1 fully saturated rings. The van der Waals surface area contributed by atoms with Gasteiger partial charge in [0.2, 0.25) is 5.96 Å². The molecule has 0 aliphatic heterocycles. The van der Waals surface area contributed by atoms with E-state index in [0.717, 1.165) is 12.8 Å². The normalized spacial score (nSPS) is 20.4. The van der Waals surface area contributed by atoms with Crippen molar-refractivity contribution < 1.29 is 0 Å². The Morgan fingerprint density at radius 3 is 2.40 bits per heavy atom. The molecule has 10 heavy (non-hydrogen) atoms. The molecule has 0 heterocycles. The van der Waals surface area contributed by atoms with E-state index in [1.54, 1.807) is 0 Å². The van der Waals surface area contributed by atoms with Crippen LogP contribution in [0.15, 0.2) is 0 Å². The van der Waals surface area contributed by atoms with Crippen LogP contribution in [0.1, 0.15) is 32.1 Å². The van der Waals surface area contributed by atoms with Gasteiger partial charge < -0.3 is 5.73 Å². The number of nitrogens with one attached hydrogen (secondary N) is 1. The summed E-state index contributed by atoms with van der Waals surface area (Å²) in [4.78, 5) is 0. The summed E-state index contributed by atoms with van der Waals surface area (Å²) < 4.78 is 0. The Kier molecular flexibility index (Phi) is 2.54. The zero-order valence-electron chi connectivity index (χ0n) is 6.14. The van der Waals surface area contributed by atoms with Crippen molar-refractivity contribution in [3.63, 3.8) is 0 Å². The lowest BCUT2D eigenvalue weighted by Gasteiger charge is -2.19. The van der Waals surface area contributed by atoms with Crippen LogP contribution in [0.5, 0.6) is 0 Å². The number of rotatable bonds is 1. The van der Waals surface area contributed by atoms with Gasteiger partial charge in [0.15, 0.2) is 0 Å². The molecule has 57 valence electrons. The van der Waals surface area contributed by atoms with E-state index in [0.29, 0.717) is 6.04 Å². The van der Waals surface area contributed by atoms with Crippen molar-refractivity contribution in [3.05, 3.63) is 0 Å². The standard InChI is InChI=1S/C7H14N3/c8-7(9)10-6-4-2-1-3-5-6/h6H,1-5H2,(H3,8,9). The Hall–Kier alpha value is -0.730. The number of guanidine groups is 1. The van der Waals surface area contributed by atoms with Gasteiger partial charge in [0, 0.05) is 0 Å². The van der Waals surface area contributed by atoms with Crippen LogP contribution in [0, 0.1) is 5.41 Å². The van der Waals surface area contributed by atoms with E-state index < -0.39 is 0 Å². The van der Waals surface area contributed by atoms with E-state index in [9.17, 15) is 0 Å². The summed E-state index contributed by atoms with van der Waals surface area (Å²) in [6.07, 6.45) is 6.08. The molecule has 1 aliphatic carbocycles. The maximum absolute atomic E-state index is 6.94. The molecule has 0 amide bonds. The predicted octanol–water partition coefficient (Wildman–Crippen LogP) is 0.817. The molecule has 0 bridgehead atoms. The zero-order valence-corrected chi connectivity index (χ0v) is 6.14. The highest BCUT2D eigenvalue weighted by molar-refractivity contribution is 5.74. The topological polar surface area (TPSA) is 64.0 Å². The first-order chi connectivity index (χ1) is 4.79. The SMILES string of the molecule is N=C(N)[N]C1CCCCC1. The van der Waals surface area contributed by atoms with Crippen LogP contribution >= 0.6 is 0 Å². The Morgan fingerprint density at radius 2 is 1.90 bits per heavy atom. The van der Waals surface area contributed by atoms with Gasteiger partial charge in [-0.3, -0.25) is 5.41 Å². The Bertz CT molecular complexity index is 116.